The fourth-order valence-corrected chi connectivity index (χ4v) is 4.32. The largest absolute Gasteiger partial charge is 0.438 e. The number of rotatable bonds is 12. The van der Waals surface area contributed by atoms with Crippen LogP contribution in [0.25, 0.3) is 5.69 Å². The summed E-state index contributed by atoms with van der Waals surface area (Å²) in [6.07, 6.45) is 6.60. The van der Waals surface area contributed by atoms with E-state index in [1.165, 1.54) is 12.1 Å². The fourth-order valence-electron chi connectivity index (χ4n) is 4.32. The lowest BCUT2D eigenvalue weighted by molar-refractivity contribution is 0.00935. The molecule has 0 amide bonds. The van der Waals surface area contributed by atoms with Gasteiger partial charge in [-0.25, -0.2) is 9.07 Å². The minimum absolute atomic E-state index is 0.0842. The molecule has 1 fully saturated rings. The van der Waals surface area contributed by atoms with Gasteiger partial charge in [0.15, 0.2) is 0 Å². The summed E-state index contributed by atoms with van der Waals surface area (Å²) in [6.45, 7) is 4.41. The van der Waals surface area contributed by atoms with E-state index in [1.807, 2.05) is 37.3 Å². The number of para-hydroxylation sites is 1. The van der Waals surface area contributed by atoms with Crippen molar-refractivity contribution in [1.29, 1.82) is 0 Å². The number of aliphatic hydroxyl groups is 1. The van der Waals surface area contributed by atoms with Crippen molar-refractivity contribution in [2.75, 3.05) is 32.9 Å². The minimum Gasteiger partial charge on any atom is -0.438 e. The molecule has 0 saturated carbocycles. The molecule has 0 spiro atoms. The Balaban J connectivity index is 1.64. The van der Waals surface area contributed by atoms with E-state index in [-0.39, 0.29) is 25.1 Å². The van der Waals surface area contributed by atoms with Crippen LogP contribution >= 0.6 is 0 Å². The van der Waals surface area contributed by atoms with E-state index in [0.29, 0.717) is 31.3 Å². The van der Waals surface area contributed by atoms with Crippen molar-refractivity contribution in [2.24, 2.45) is 0 Å². The van der Waals surface area contributed by atoms with E-state index in [0.717, 1.165) is 36.4 Å². The second kappa shape index (κ2) is 12.7. The standard InChI is InChI=1S/C28H32FN3O4/c1-3-14-34-20-24(33)17-31(18-26-13-8-15-35-26)19-27-21(2)30-32(23-10-5-4-6-11-23)28(27)36-25-12-7-9-22(29)16-25/h1,4-7,9-12,16,24,26,33H,8,13-15,17-20H2,2H3/t24-,26-/m1/s1. The van der Waals surface area contributed by atoms with Gasteiger partial charge in [-0.3, -0.25) is 4.90 Å². The number of benzene rings is 2. The lowest BCUT2D eigenvalue weighted by Gasteiger charge is -2.27. The first-order valence-corrected chi connectivity index (χ1v) is 12.1. The highest BCUT2D eigenvalue weighted by Gasteiger charge is 2.26. The van der Waals surface area contributed by atoms with Gasteiger partial charge in [-0.2, -0.15) is 5.10 Å². The van der Waals surface area contributed by atoms with Gasteiger partial charge in [-0.1, -0.05) is 30.2 Å². The van der Waals surface area contributed by atoms with Gasteiger partial charge in [0.05, 0.1) is 35.8 Å². The third kappa shape index (κ3) is 6.93. The van der Waals surface area contributed by atoms with Gasteiger partial charge >= 0.3 is 0 Å². The predicted octanol–water partition coefficient (Wildman–Crippen LogP) is 4.10. The average molecular weight is 494 g/mol. The Morgan fingerprint density at radius 1 is 1.28 bits per heavy atom. The molecule has 1 aromatic heterocycles. The van der Waals surface area contributed by atoms with Crippen molar-refractivity contribution in [3.8, 4) is 29.7 Å². The van der Waals surface area contributed by atoms with Crippen molar-refractivity contribution in [2.45, 2.75) is 38.5 Å². The number of aryl methyl sites for hydroxylation is 1. The number of nitrogens with zero attached hydrogens (tertiary/aromatic N) is 3. The highest BCUT2D eigenvalue weighted by Crippen LogP contribution is 2.32. The summed E-state index contributed by atoms with van der Waals surface area (Å²) >= 11 is 0. The number of hydrogen-bond acceptors (Lipinski definition) is 6. The van der Waals surface area contributed by atoms with Crippen LogP contribution in [-0.4, -0.2) is 64.9 Å². The maximum atomic E-state index is 13.9. The first kappa shape index (κ1) is 25.9. The van der Waals surface area contributed by atoms with Gasteiger partial charge in [0, 0.05) is 32.3 Å². The van der Waals surface area contributed by atoms with E-state index in [9.17, 15) is 9.50 Å². The van der Waals surface area contributed by atoms with Gasteiger partial charge < -0.3 is 19.3 Å². The van der Waals surface area contributed by atoms with Gasteiger partial charge in [-0.05, 0) is 44.0 Å². The smallest absolute Gasteiger partial charge is 0.227 e. The monoisotopic (exact) mass is 493 g/mol. The number of aliphatic hydroxyl groups excluding tert-OH is 1. The van der Waals surface area contributed by atoms with E-state index >= 15 is 0 Å². The van der Waals surface area contributed by atoms with Crippen LogP contribution in [0.15, 0.2) is 54.6 Å². The molecular weight excluding hydrogens is 461 g/mol. The van der Waals surface area contributed by atoms with E-state index in [4.69, 9.17) is 25.7 Å². The summed E-state index contributed by atoms with van der Waals surface area (Å²) in [5, 5.41) is 15.4. The Labute approximate surface area is 211 Å². The second-order valence-corrected chi connectivity index (χ2v) is 8.88. The van der Waals surface area contributed by atoms with Crippen LogP contribution in [0.2, 0.25) is 0 Å². The van der Waals surface area contributed by atoms with E-state index in [2.05, 4.69) is 10.8 Å². The molecule has 8 heteroatoms. The van der Waals surface area contributed by atoms with E-state index < -0.39 is 6.10 Å². The third-order valence-corrected chi connectivity index (χ3v) is 5.98. The first-order valence-electron chi connectivity index (χ1n) is 12.1. The molecule has 36 heavy (non-hydrogen) atoms. The predicted molar refractivity (Wildman–Crippen MR) is 135 cm³/mol. The van der Waals surface area contributed by atoms with Crippen LogP contribution in [0.1, 0.15) is 24.1 Å². The van der Waals surface area contributed by atoms with Gasteiger partial charge in [-0.15, -0.1) is 6.42 Å². The summed E-state index contributed by atoms with van der Waals surface area (Å²) < 4.78 is 33.1. The molecule has 0 radical (unpaired) electrons. The van der Waals surface area contributed by atoms with Crippen molar-refractivity contribution in [3.63, 3.8) is 0 Å². The lowest BCUT2D eigenvalue weighted by atomic mass is 10.1. The zero-order valence-electron chi connectivity index (χ0n) is 20.5. The van der Waals surface area contributed by atoms with Crippen molar-refractivity contribution in [1.82, 2.24) is 14.7 Å². The Hall–Kier alpha value is -3.22. The van der Waals surface area contributed by atoms with Gasteiger partial charge in [0.2, 0.25) is 5.88 Å². The molecule has 1 N–H and O–H groups in total. The van der Waals surface area contributed by atoms with Crippen LogP contribution in [-0.2, 0) is 16.0 Å². The summed E-state index contributed by atoms with van der Waals surface area (Å²) in [5.41, 5.74) is 2.45. The first-order chi connectivity index (χ1) is 17.5. The highest BCUT2D eigenvalue weighted by molar-refractivity contribution is 5.43. The normalized spacial score (nSPS) is 16.2. The molecule has 0 aliphatic carbocycles. The Kier molecular flexibility index (Phi) is 9.09. The average Bonchev–Trinajstić information content (AvgIpc) is 3.48. The lowest BCUT2D eigenvalue weighted by Crippen LogP contribution is -2.39. The van der Waals surface area contributed by atoms with Crippen LogP contribution in [0.3, 0.4) is 0 Å². The molecule has 0 unspecified atom stereocenters. The maximum Gasteiger partial charge on any atom is 0.227 e. The van der Waals surface area contributed by atoms with Crippen LogP contribution in [0.5, 0.6) is 11.6 Å². The fraction of sp³-hybridized carbons (Fsp3) is 0.393. The third-order valence-electron chi connectivity index (χ3n) is 5.98. The number of aromatic nitrogens is 2. The summed E-state index contributed by atoms with van der Waals surface area (Å²) in [6, 6.07) is 15.7. The molecule has 1 saturated heterocycles. The Morgan fingerprint density at radius 3 is 2.83 bits per heavy atom. The Bertz CT molecular complexity index is 1160. The molecule has 1 aliphatic rings. The highest BCUT2D eigenvalue weighted by atomic mass is 19.1. The zero-order chi connectivity index (χ0) is 25.3. The van der Waals surface area contributed by atoms with Gasteiger partial charge in [0.1, 0.15) is 18.2 Å². The zero-order valence-corrected chi connectivity index (χ0v) is 20.5. The number of terminal acetylenes is 1. The van der Waals surface area contributed by atoms with Crippen LogP contribution in [0, 0.1) is 25.1 Å². The Morgan fingerprint density at radius 2 is 2.11 bits per heavy atom. The van der Waals surface area contributed by atoms with Crippen LogP contribution in [0.4, 0.5) is 4.39 Å². The molecule has 3 aromatic rings. The number of halogens is 1. The maximum absolute atomic E-state index is 13.9. The molecule has 2 heterocycles. The second-order valence-electron chi connectivity index (χ2n) is 8.88. The molecule has 1 aliphatic heterocycles. The SMILES string of the molecule is C#CCOC[C@H](O)CN(Cc1c(C)nn(-c2ccccc2)c1Oc1cccc(F)c1)C[C@H]1CCCO1. The topological polar surface area (TPSA) is 69.0 Å². The molecule has 7 nitrogen and oxygen atoms in total. The quantitative estimate of drug-likeness (QED) is 0.303. The molecule has 2 atom stereocenters. The van der Waals surface area contributed by atoms with Crippen molar-refractivity contribution < 1.29 is 23.7 Å². The van der Waals surface area contributed by atoms with Gasteiger partial charge in [0.25, 0.3) is 0 Å². The van der Waals surface area contributed by atoms with Crippen molar-refractivity contribution in [3.05, 3.63) is 71.7 Å². The molecule has 2 aromatic carbocycles. The number of hydrogen-bond donors (Lipinski definition) is 1. The summed E-state index contributed by atoms with van der Waals surface area (Å²) in [5.74, 6) is 2.91. The molecular formula is C28H32FN3O4. The minimum atomic E-state index is -0.725. The van der Waals surface area contributed by atoms with Crippen LogP contribution < -0.4 is 4.74 Å². The molecule has 4 rings (SSSR count). The van der Waals surface area contributed by atoms with Crippen molar-refractivity contribution >= 4 is 0 Å². The summed E-state index contributed by atoms with van der Waals surface area (Å²) in [4.78, 5) is 2.12. The number of ether oxygens (including phenoxy) is 3. The summed E-state index contributed by atoms with van der Waals surface area (Å²) in [7, 11) is 0. The van der Waals surface area contributed by atoms with E-state index in [1.54, 1.807) is 16.8 Å². The molecule has 0 bridgehead atoms. The molecule has 190 valence electrons.